The normalized spacial score (nSPS) is 10.5. The number of rotatable bonds is 7. The van der Waals surface area contributed by atoms with Crippen LogP contribution in [0.1, 0.15) is 15.9 Å². The van der Waals surface area contributed by atoms with Gasteiger partial charge < -0.3 is 10.1 Å². The summed E-state index contributed by atoms with van der Waals surface area (Å²) >= 11 is 0. The van der Waals surface area contributed by atoms with Crippen molar-refractivity contribution in [1.29, 1.82) is 0 Å². The molecule has 0 atom stereocenters. The summed E-state index contributed by atoms with van der Waals surface area (Å²) < 4.78 is 28.3. The number of alkyl halides is 2. The van der Waals surface area contributed by atoms with Crippen LogP contribution in [0.4, 0.5) is 14.5 Å². The van der Waals surface area contributed by atoms with Crippen molar-refractivity contribution in [3.63, 3.8) is 0 Å². The molecule has 0 heterocycles. The van der Waals surface area contributed by atoms with Crippen molar-refractivity contribution in [2.24, 2.45) is 0 Å². The first kappa shape index (κ1) is 17.3. The lowest BCUT2D eigenvalue weighted by molar-refractivity contribution is -0.384. The third-order valence-corrected chi connectivity index (χ3v) is 3.17. The van der Waals surface area contributed by atoms with Crippen molar-refractivity contribution in [3.05, 3.63) is 69.8 Å². The van der Waals surface area contributed by atoms with Crippen LogP contribution in [-0.4, -0.2) is 24.0 Å². The molecule has 1 amide bonds. The van der Waals surface area contributed by atoms with Crippen molar-refractivity contribution < 1.29 is 23.2 Å². The molecule has 2 aromatic carbocycles. The second-order valence-electron chi connectivity index (χ2n) is 4.84. The van der Waals surface area contributed by atoms with Crippen molar-refractivity contribution in [2.45, 2.75) is 13.0 Å². The Hall–Kier alpha value is -3.03. The standard InChI is InChI=1S/C16H14F2N2O4/c17-16(18)24-14-6-4-11(5-7-14)8-9-19-15(21)12-2-1-3-13(10-12)20(22)23/h1-7,10,16H,8-9H2,(H,19,21). The summed E-state index contributed by atoms with van der Waals surface area (Å²) in [5.74, 6) is -0.356. The quantitative estimate of drug-likeness (QED) is 0.622. The highest BCUT2D eigenvalue weighted by molar-refractivity contribution is 5.94. The van der Waals surface area contributed by atoms with E-state index < -0.39 is 17.4 Å². The van der Waals surface area contributed by atoms with Crippen molar-refractivity contribution in [1.82, 2.24) is 5.32 Å². The number of non-ortho nitro benzene ring substituents is 1. The number of nitro benzene ring substituents is 1. The Morgan fingerprint density at radius 3 is 2.54 bits per heavy atom. The summed E-state index contributed by atoms with van der Waals surface area (Å²) in [5.41, 5.74) is 0.873. The van der Waals surface area contributed by atoms with Crippen LogP contribution in [0.3, 0.4) is 0 Å². The minimum atomic E-state index is -2.87. The average molecular weight is 336 g/mol. The Morgan fingerprint density at radius 2 is 1.92 bits per heavy atom. The molecule has 126 valence electrons. The highest BCUT2D eigenvalue weighted by atomic mass is 19.3. The minimum absolute atomic E-state index is 0.0642. The van der Waals surface area contributed by atoms with Crippen LogP contribution in [0.15, 0.2) is 48.5 Å². The Bertz CT molecular complexity index is 720. The number of hydrogen-bond donors (Lipinski definition) is 1. The Balaban J connectivity index is 1.86. The molecule has 2 aromatic rings. The molecule has 0 aliphatic rings. The monoisotopic (exact) mass is 336 g/mol. The molecule has 0 aliphatic carbocycles. The molecular weight excluding hydrogens is 322 g/mol. The van der Waals surface area contributed by atoms with Gasteiger partial charge in [-0.1, -0.05) is 18.2 Å². The first-order valence-electron chi connectivity index (χ1n) is 7.02. The molecule has 0 saturated carbocycles. The Morgan fingerprint density at radius 1 is 1.21 bits per heavy atom. The molecule has 0 aromatic heterocycles. The number of benzene rings is 2. The third kappa shape index (κ3) is 5.01. The molecule has 0 radical (unpaired) electrons. The maximum absolute atomic E-state index is 12.0. The van der Waals surface area contributed by atoms with Gasteiger partial charge in [0.25, 0.3) is 11.6 Å². The van der Waals surface area contributed by atoms with E-state index in [2.05, 4.69) is 10.1 Å². The zero-order valence-electron chi connectivity index (χ0n) is 12.4. The molecule has 2 rings (SSSR count). The van der Waals surface area contributed by atoms with Gasteiger partial charge in [0.05, 0.1) is 4.92 Å². The van der Waals surface area contributed by atoms with Crippen LogP contribution in [0, 0.1) is 10.1 Å². The number of ether oxygens (including phenoxy) is 1. The van der Waals surface area contributed by atoms with E-state index in [1.165, 1.54) is 36.4 Å². The number of carbonyl (C=O) groups is 1. The summed E-state index contributed by atoms with van der Waals surface area (Å²) in [5, 5.41) is 13.3. The zero-order valence-corrected chi connectivity index (χ0v) is 12.4. The first-order valence-corrected chi connectivity index (χ1v) is 7.02. The summed E-state index contributed by atoms with van der Waals surface area (Å²) in [6.07, 6.45) is 0.482. The molecule has 0 unspecified atom stereocenters. The van der Waals surface area contributed by atoms with Gasteiger partial charge in [0.15, 0.2) is 0 Å². The number of hydrogen-bond acceptors (Lipinski definition) is 4. The third-order valence-electron chi connectivity index (χ3n) is 3.17. The lowest BCUT2D eigenvalue weighted by Crippen LogP contribution is -2.25. The molecular formula is C16H14F2N2O4. The van der Waals surface area contributed by atoms with E-state index in [9.17, 15) is 23.7 Å². The smallest absolute Gasteiger partial charge is 0.387 e. The van der Waals surface area contributed by atoms with Crippen molar-refractivity contribution >= 4 is 11.6 Å². The number of nitro groups is 1. The molecule has 24 heavy (non-hydrogen) atoms. The Kier molecular flexibility index (Phi) is 5.78. The number of carbonyl (C=O) groups excluding carboxylic acids is 1. The predicted molar refractivity (Wildman–Crippen MR) is 82.2 cm³/mol. The molecule has 8 heteroatoms. The zero-order chi connectivity index (χ0) is 17.5. The van der Waals surface area contributed by atoms with Crippen molar-refractivity contribution in [3.8, 4) is 5.75 Å². The second kappa shape index (κ2) is 8.00. The van der Waals surface area contributed by atoms with Crippen LogP contribution >= 0.6 is 0 Å². The molecule has 0 aliphatic heterocycles. The van der Waals surface area contributed by atoms with E-state index in [1.807, 2.05) is 0 Å². The molecule has 0 saturated heterocycles. The average Bonchev–Trinajstić information content (AvgIpc) is 2.56. The first-order chi connectivity index (χ1) is 11.5. The van der Waals surface area contributed by atoms with E-state index in [0.29, 0.717) is 13.0 Å². The van der Waals surface area contributed by atoms with E-state index in [4.69, 9.17) is 0 Å². The highest BCUT2D eigenvalue weighted by Gasteiger charge is 2.11. The van der Waals surface area contributed by atoms with E-state index >= 15 is 0 Å². The van der Waals surface area contributed by atoms with Gasteiger partial charge in [0, 0.05) is 24.2 Å². The number of nitrogens with zero attached hydrogens (tertiary/aromatic N) is 1. The maximum Gasteiger partial charge on any atom is 0.387 e. The predicted octanol–water partition coefficient (Wildman–Crippen LogP) is 3.17. The Labute approximate surface area is 136 Å². The molecule has 0 fully saturated rings. The van der Waals surface area contributed by atoms with Crippen LogP contribution in [0.2, 0.25) is 0 Å². The fourth-order valence-corrected chi connectivity index (χ4v) is 2.02. The van der Waals surface area contributed by atoms with Crippen LogP contribution < -0.4 is 10.1 Å². The maximum atomic E-state index is 12.0. The fraction of sp³-hybridized carbons (Fsp3) is 0.188. The summed E-state index contributed by atoms with van der Waals surface area (Å²) in [7, 11) is 0. The lowest BCUT2D eigenvalue weighted by atomic mass is 10.1. The van der Waals surface area contributed by atoms with Gasteiger partial charge in [0.2, 0.25) is 0 Å². The van der Waals surface area contributed by atoms with E-state index in [0.717, 1.165) is 5.56 Å². The van der Waals surface area contributed by atoms with Crippen molar-refractivity contribution in [2.75, 3.05) is 6.54 Å². The highest BCUT2D eigenvalue weighted by Crippen LogP contribution is 2.15. The SMILES string of the molecule is O=C(NCCc1ccc(OC(F)F)cc1)c1cccc([N+](=O)[O-])c1. The van der Waals surface area contributed by atoms with Gasteiger partial charge in [-0.05, 0) is 30.2 Å². The summed E-state index contributed by atoms with van der Waals surface area (Å²) in [4.78, 5) is 22.1. The van der Waals surface area contributed by atoms with E-state index in [1.54, 1.807) is 12.1 Å². The van der Waals surface area contributed by atoms with Gasteiger partial charge in [-0.15, -0.1) is 0 Å². The molecule has 0 spiro atoms. The van der Waals surface area contributed by atoms with Gasteiger partial charge in [-0.2, -0.15) is 8.78 Å². The van der Waals surface area contributed by atoms with E-state index in [-0.39, 0.29) is 17.0 Å². The van der Waals surface area contributed by atoms with Gasteiger partial charge in [0.1, 0.15) is 5.75 Å². The van der Waals surface area contributed by atoms with Gasteiger partial charge in [-0.25, -0.2) is 0 Å². The minimum Gasteiger partial charge on any atom is -0.435 e. The topological polar surface area (TPSA) is 81.5 Å². The largest absolute Gasteiger partial charge is 0.435 e. The molecule has 6 nitrogen and oxygen atoms in total. The fourth-order valence-electron chi connectivity index (χ4n) is 2.02. The molecule has 0 bridgehead atoms. The van der Waals surface area contributed by atoms with Crippen LogP contribution in [0.25, 0.3) is 0 Å². The molecule has 1 N–H and O–H groups in total. The number of nitrogens with one attached hydrogen (secondary N) is 1. The van der Waals surface area contributed by atoms with Gasteiger partial charge >= 0.3 is 6.61 Å². The lowest BCUT2D eigenvalue weighted by Gasteiger charge is -2.07. The summed E-state index contributed by atoms with van der Waals surface area (Å²) in [6.45, 7) is -2.57. The van der Waals surface area contributed by atoms with Crippen LogP contribution in [0.5, 0.6) is 5.75 Å². The summed E-state index contributed by atoms with van der Waals surface area (Å²) in [6, 6.07) is 11.5. The van der Waals surface area contributed by atoms with Gasteiger partial charge in [-0.3, -0.25) is 14.9 Å². The number of halogens is 2. The van der Waals surface area contributed by atoms with Crippen LogP contribution in [-0.2, 0) is 6.42 Å². The second-order valence-corrected chi connectivity index (χ2v) is 4.84. The number of amides is 1.